The van der Waals surface area contributed by atoms with E-state index in [0.29, 0.717) is 0 Å². The van der Waals surface area contributed by atoms with Crippen molar-refractivity contribution in [2.45, 2.75) is 13.0 Å². The summed E-state index contributed by atoms with van der Waals surface area (Å²) in [5.41, 5.74) is 1.99. The lowest BCUT2D eigenvalue weighted by molar-refractivity contribution is 0.906. The van der Waals surface area contributed by atoms with Gasteiger partial charge in [-0.2, -0.15) is 0 Å². The Hall–Kier alpha value is -1.26. The van der Waals surface area contributed by atoms with Crippen molar-refractivity contribution in [2.75, 3.05) is 17.7 Å². The van der Waals surface area contributed by atoms with Crippen molar-refractivity contribution in [1.82, 2.24) is 4.98 Å². The molecule has 1 unspecified atom stereocenters. The summed E-state index contributed by atoms with van der Waals surface area (Å²) in [6.45, 7) is 2.11. The second kappa shape index (κ2) is 5.38. The van der Waals surface area contributed by atoms with Crippen molar-refractivity contribution in [3.63, 3.8) is 0 Å². The zero-order valence-corrected chi connectivity index (χ0v) is 11.3. The van der Waals surface area contributed by atoms with Crippen molar-refractivity contribution >= 4 is 34.3 Å². The van der Waals surface area contributed by atoms with Crippen LogP contribution in [0.4, 0.5) is 11.4 Å². The molecule has 0 spiro atoms. The average molecular weight is 268 g/mol. The summed E-state index contributed by atoms with van der Waals surface area (Å²) >= 11 is 7.52. The van der Waals surface area contributed by atoms with Gasteiger partial charge in [0, 0.05) is 11.9 Å². The van der Waals surface area contributed by atoms with E-state index in [0.717, 1.165) is 15.7 Å². The predicted molar refractivity (Wildman–Crippen MR) is 75.2 cm³/mol. The van der Waals surface area contributed by atoms with E-state index in [1.54, 1.807) is 17.5 Å². The number of nitrogens with zero attached hydrogens (tertiary/aromatic N) is 1. The fourth-order valence-electron chi connectivity index (χ4n) is 1.54. The molecule has 2 rings (SSSR count). The number of rotatable bonds is 4. The summed E-state index contributed by atoms with van der Waals surface area (Å²) in [4.78, 5) is 5.37. The molecule has 17 heavy (non-hydrogen) atoms. The molecule has 5 heteroatoms. The Labute approximate surface area is 110 Å². The minimum Gasteiger partial charge on any atom is -0.387 e. The lowest BCUT2D eigenvalue weighted by Gasteiger charge is -2.14. The Morgan fingerprint density at radius 3 is 2.71 bits per heavy atom. The molecule has 0 saturated heterocycles. The molecule has 0 aromatic carbocycles. The quantitative estimate of drug-likeness (QED) is 0.879. The Kier molecular flexibility index (Phi) is 3.86. The number of nitrogens with one attached hydrogen (secondary N) is 2. The summed E-state index contributed by atoms with van der Waals surface area (Å²) in [6, 6.07) is 6.21. The van der Waals surface area contributed by atoms with Crippen LogP contribution in [0.1, 0.15) is 17.8 Å². The molecule has 0 aliphatic carbocycles. The second-order valence-electron chi connectivity index (χ2n) is 3.72. The zero-order valence-electron chi connectivity index (χ0n) is 9.70. The van der Waals surface area contributed by atoms with Gasteiger partial charge in [-0.1, -0.05) is 11.6 Å². The highest BCUT2D eigenvalue weighted by Crippen LogP contribution is 2.29. The number of anilines is 2. The lowest BCUT2D eigenvalue weighted by Crippen LogP contribution is -2.05. The van der Waals surface area contributed by atoms with Crippen LogP contribution in [0, 0.1) is 0 Å². The van der Waals surface area contributed by atoms with Crippen LogP contribution < -0.4 is 10.6 Å². The third-order valence-electron chi connectivity index (χ3n) is 2.43. The molecule has 0 amide bonds. The van der Waals surface area contributed by atoms with Gasteiger partial charge in [0.1, 0.15) is 0 Å². The first-order chi connectivity index (χ1) is 8.19. The topological polar surface area (TPSA) is 37.0 Å². The molecule has 0 fully saturated rings. The molecular weight excluding hydrogens is 254 g/mol. The van der Waals surface area contributed by atoms with E-state index in [-0.39, 0.29) is 6.04 Å². The van der Waals surface area contributed by atoms with Crippen LogP contribution in [0.2, 0.25) is 4.34 Å². The van der Waals surface area contributed by atoms with Gasteiger partial charge in [-0.15, -0.1) is 11.3 Å². The average Bonchev–Trinajstić information content (AvgIpc) is 2.76. The van der Waals surface area contributed by atoms with Crippen LogP contribution in [-0.4, -0.2) is 12.0 Å². The molecule has 0 aliphatic rings. The van der Waals surface area contributed by atoms with Crippen LogP contribution in [0.25, 0.3) is 0 Å². The number of pyridine rings is 1. The summed E-state index contributed by atoms with van der Waals surface area (Å²) in [6.07, 6.45) is 3.60. The van der Waals surface area contributed by atoms with Gasteiger partial charge in [0.2, 0.25) is 0 Å². The highest BCUT2D eigenvalue weighted by molar-refractivity contribution is 7.16. The molecular formula is C12H14ClN3S. The Morgan fingerprint density at radius 1 is 1.29 bits per heavy atom. The maximum atomic E-state index is 5.92. The van der Waals surface area contributed by atoms with Crippen LogP contribution in [0.3, 0.4) is 0 Å². The minimum absolute atomic E-state index is 0.224. The van der Waals surface area contributed by atoms with Crippen LogP contribution in [-0.2, 0) is 0 Å². The molecule has 0 radical (unpaired) electrons. The van der Waals surface area contributed by atoms with E-state index in [1.807, 2.05) is 31.4 Å². The van der Waals surface area contributed by atoms with Gasteiger partial charge in [-0.3, -0.25) is 4.98 Å². The van der Waals surface area contributed by atoms with Crippen LogP contribution >= 0.6 is 22.9 Å². The molecule has 1 atom stereocenters. The Bertz CT molecular complexity index is 498. The maximum Gasteiger partial charge on any atom is 0.0932 e. The molecule has 2 aromatic rings. The summed E-state index contributed by atoms with van der Waals surface area (Å²) in [5.74, 6) is 0. The van der Waals surface area contributed by atoms with Gasteiger partial charge in [0.05, 0.1) is 34.1 Å². The van der Waals surface area contributed by atoms with Gasteiger partial charge in [-0.25, -0.2) is 0 Å². The number of aromatic nitrogens is 1. The first kappa shape index (κ1) is 12.2. The van der Waals surface area contributed by atoms with E-state index < -0.39 is 0 Å². The molecule has 2 heterocycles. The normalized spacial score (nSPS) is 12.2. The molecule has 90 valence electrons. The van der Waals surface area contributed by atoms with Gasteiger partial charge in [0.25, 0.3) is 0 Å². The van der Waals surface area contributed by atoms with Crippen molar-refractivity contribution in [1.29, 1.82) is 0 Å². The second-order valence-corrected chi connectivity index (χ2v) is 5.47. The fourth-order valence-corrected chi connectivity index (χ4v) is 2.60. The fraction of sp³-hybridized carbons (Fsp3) is 0.250. The maximum absolute atomic E-state index is 5.92. The van der Waals surface area contributed by atoms with Gasteiger partial charge < -0.3 is 10.6 Å². The first-order valence-corrected chi connectivity index (χ1v) is 6.53. The number of hydrogen-bond acceptors (Lipinski definition) is 4. The van der Waals surface area contributed by atoms with Gasteiger partial charge in [-0.05, 0) is 25.1 Å². The molecule has 3 nitrogen and oxygen atoms in total. The SMILES string of the molecule is CNc1cncc(NC(C)c2ccc(Cl)s2)c1. The molecule has 0 bridgehead atoms. The van der Waals surface area contributed by atoms with Crippen molar-refractivity contribution < 1.29 is 0 Å². The number of halogens is 1. The van der Waals surface area contributed by atoms with Crippen molar-refractivity contribution in [3.8, 4) is 0 Å². The monoisotopic (exact) mass is 267 g/mol. The number of thiophene rings is 1. The third-order valence-corrected chi connectivity index (χ3v) is 3.84. The third kappa shape index (κ3) is 3.11. The zero-order chi connectivity index (χ0) is 12.3. The van der Waals surface area contributed by atoms with Gasteiger partial charge >= 0.3 is 0 Å². The van der Waals surface area contributed by atoms with Crippen molar-refractivity contribution in [3.05, 3.63) is 39.8 Å². The van der Waals surface area contributed by atoms with E-state index in [4.69, 9.17) is 11.6 Å². The van der Waals surface area contributed by atoms with Crippen LogP contribution in [0.5, 0.6) is 0 Å². The van der Waals surface area contributed by atoms with E-state index in [1.165, 1.54) is 4.88 Å². The van der Waals surface area contributed by atoms with Gasteiger partial charge in [0.15, 0.2) is 0 Å². The number of hydrogen-bond donors (Lipinski definition) is 2. The lowest BCUT2D eigenvalue weighted by atomic mass is 10.2. The van der Waals surface area contributed by atoms with Crippen molar-refractivity contribution in [2.24, 2.45) is 0 Å². The molecule has 0 aliphatic heterocycles. The smallest absolute Gasteiger partial charge is 0.0932 e. The molecule has 0 saturated carbocycles. The summed E-state index contributed by atoms with van der Waals surface area (Å²) in [7, 11) is 1.88. The molecule has 2 N–H and O–H groups in total. The summed E-state index contributed by atoms with van der Waals surface area (Å²) < 4.78 is 0.816. The summed E-state index contributed by atoms with van der Waals surface area (Å²) in [5, 5.41) is 6.46. The molecule has 2 aromatic heterocycles. The first-order valence-electron chi connectivity index (χ1n) is 5.33. The van der Waals surface area contributed by atoms with E-state index >= 15 is 0 Å². The highest BCUT2D eigenvalue weighted by Gasteiger charge is 2.08. The van der Waals surface area contributed by atoms with Crippen LogP contribution in [0.15, 0.2) is 30.6 Å². The standard InChI is InChI=1S/C12H14ClN3S/c1-8(11-3-4-12(13)17-11)16-10-5-9(14-2)6-15-7-10/h3-8,14,16H,1-2H3. The largest absolute Gasteiger partial charge is 0.387 e. The Morgan fingerprint density at radius 2 is 2.06 bits per heavy atom. The van der Waals surface area contributed by atoms with E-state index in [2.05, 4.69) is 22.5 Å². The Balaban J connectivity index is 2.09. The predicted octanol–water partition coefficient (Wildman–Crippen LogP) is 4.01. The van der Waals surface area contributed by atoms with E-state index in [9.17, 15) is 0 Å². The minimum atomic E-state index is 0.224. The highest BCUT2D eigenvalue weighted by atomic mass is 35.5.